The lowest BCUT2D eigenvalue weighted by Gasteiger charge is -2.16. The van der Waals surface area contributed by atoms with Gasteiger partial charge < -0.3 is 5.32 Å². The van der Waals surface area contributed by atoms with E-state index in [0.717, 1.165) is 36.8 Å². The minimum Gasteiger partial charge on any atom is -0.354 e. The molecule has 0 spiro atoms. The molecule has 2 aromatic rings. The topological polar surface area (TPSA) is 42.7 Å². The third-order valence-electron chi connectivity index (χ3n) is 2.77. The van der Waals surface area contributed by atoms with Crippen molar-refractivity contribution in [3.63, 3.8) is 0 Å². The molecule has 6 heteroatoms. The molecule has 2 heterocycles. The summed E-state index contributed by atoms with van der Waals surface area (Å²) in [7, 11) is 0. The van der Waals surface area contributed by atoms with Gasteiger partial charge in [0.05, 0.1) is 10.0 Å². The van der Waals surface area contributed by atoms with Gasteiger partial charge in [-0.1, -0.05) is 23.2 Å². The van der Waals surface area contributed by atoms with Crippen LogP contribution in [0.4, 0.5) is 5.95 Å². The van der Waals surface area contributed by atoms with Crippen LogP contribution in [0.3, 0.4) is 0 Å². The molecule has 1 aliphatic heterocycles. The Morgan fingerprint density at radius 2 is 2.06 bits per heavy atom. The summed E-state index contributed by atoms with van der Waals surface area (Å²) in [5.41, 5.74) is 0.932. The Balaban J connectivity index is 2.09. The Morgan fingerprint density at radius 3 is 2.88 bits per heavy atom. The third kappa shape index (κ3) is 1.87. The van der Waals surface area contributed by atoms with E-state index >= 15 is 0 Å². The number of rotatable bonds is 1. The van der Waals surface area contributed by atoms with Crippen LogP contribution in [0.2, 0.25) is 10.0 Å². The van der Waals surface area contributed by atoms with Crippen molar-refractivity contribution >= 4 is 29.2 Å². The maximum atomic E-state index is 6.01. The molecule has 0 unspecified atom stereocenters. The smallest absolute Gasteiger partial charge is 0.224 e. The first kappa shape index (κ1) is 10.9. The monoisotopic (exact) mass is 268 g/mol. The Hall–Kier alpha value is -1.26. The van der Waals surface area contributed by atoms with Crippen LogP contribution >= 0.6 is 23.2 Å². The summed E-state index contributed by atoms with van der Waals surface area (Å²) in [5, 5.41) is 12.6. The molecule has 1 aliphatic rings. The van der Waals surface area contributed by atoms with Crippen LogP contribution in [0.1, 0.15) is 6.42 Å². The van der Waals surface area contributed by atoms with E-state index in [-0.39, 0.29) is 0 Å². The number of hydrogen-bond donors (Lipinski definition) is 1. The zero-order valence-electron chi connectivity index (χ0n) is 8.95. The van der Waals surface area contributed by atoms with Crippen molar-refractivity contribution < 1.29 is 0 Å². The summed E-state index contributed by atoms with van der Waals surface area (Å²) < 4.78 is 2.06. The van der Waals surface area contributed by atoms with Gasteiger partial charge in [-0.05, 0) is 24.6 Å². The fourth-order valence-electron chi connectivity index (χ4n) is 1.93. The summed E-state index contributed by atoms with van der Waals surface area (Å²) in [6.45, 7) is 1.87. The molecular formula is C11H10Cl2N4. The molecule has 17 heavy (non-hydrogen) atoms. The van der Waals surface area contributed by atoms with E-state index in [1.165, 1.54) is 0 Å². The molecule has 0 atom stereocenters. The van der Waals surface area contributed by atoms with E-state index in [1.54, 1.807) is 6.07 Å². The highest BCUT2D eigenvalue weighted by atomic mass is 35.5. The van der Waals surface area contributed by atoms with Crippen molar-refractivity contribution in [3.05, 3.63) is 28.2 Å². The fraction of sp³-hybridized carbons (Fsp3) is 0.273. The molecule has 4 nitrogen and oxygen atoms in total. The highest BCUT2D eigenvalue weighted by Crippen LogP contribution is 2.29. The van der Waals surface area contributed by atoms with Gasteiger partial charge >= 0.3 is 0 Å². The summed E-state index contributed by atoms with van der Waals surface area (Å²) >= 11 is 11.9. The Morgan fingerprint density at radius 1 is 1.18 bits per heavy atom. The Kier molecular flexibility index (Phi) is 2.68. The Labute approximate surface area is 109 Å². The SMILES string of the molecule is Clc1ccc(-c2nnc3n2CCCN3)cc1Cl. The molecule has 0 bridgehead atoms. The predicted molar refractivity (Wildman–Crippen MR) is 68.6 cm³/mol. The number of benzene rings is 1. The zero-order chi connectivity index (χ0) is 11.8. The van der Waals surface area contributed by atoms with Gasteiger partial charge in [-0.3, -0.25) is 4.57 Å². The normalized spacial score (nSPS) is 14.2. The fourth-order valence-corrected chi connectivity index (χ4v) is 2.23. The Bertz CT molecular complexity index is 565. The van der Waals surface area contributed by atoms with Crippen LogP contribution in [0, 0.1) is 0 Å². The summed E-state index contributed by atoms with van der Waals surface area (Å²) in [4.78, 5) is 0. The predicted octanol–water partition coefficient (Wildman–Crippen LogP) is 3.07. The van der Waals surface area contributed by atoms with Crippen LogP contribution in [-0.4, -0.2) is 21.3 Å². The van der Waals surface area contributed by atoms with Gasteiger partial charge in [-0.25, -0.2) is 0 Å². The van der Waals surface area contributed by atoms with Gasteiger partial charge in [0.2, 0.25) is 5.95 Å². The number of anilines is 1. The first-order valence-electron chi connectivity index (χ1n) is 5.38. The molecule has 88 valence electrons. The quantitative estimate of drug-likeness (QED) is 0.865. The highest BCUT2D eigenvalue weighted by Gasteiger charge is 2.16. The number of nitrogens with zero attached hydrogens (tertiary/aromatic N) is 3. The largest absolute Gasteiger partial charge is 0.354 e. The molecule has 1 aromatic heterocycles. The van der Waals surface area contributed by atoms with Crippen molar-refractivity contribution in [1.29, 1.82) is 0 Å². The number of fused-ring (bicyclic) bond motifs is 1. The molecule has 0 aliphatic carbocycles. The average Bonchev–Trinajstić information content (AvgIpc) is 2.76. The molecule has 1 aromatic carbocycles. The van der Waals surface area contributed by atoms with E-state index in [4.69, 9.17) is 23.2 Å². The van der Waals surface area contributed by atoms with Crippen LogP contribution in [-0.2, 0) is 6.54 Å². The van der Waals surface area contributed by atoms with Crippen molar-refractivity contribution in [1.82, 2.24) is 14.8 Å². The minimum atomic E-state index is 0.533. The lowest BCUT2D eigenvalue weighted by atomic mass is 10.2. The first-order chi connectivity index (χ1) is 8.25. The van der Waals surface area contributed by atoms with Crippen LogP contribution in [0.5, 0.6) is 0 Å². The van der Waals surface area contributed by atoms with Gasteiger partial charge in [0.25, 0.3) is 0 Å². The van der Waals surface area contributed by atoms with E-state index in [0.29, 0.717) is 10.0 Å². The summed E-state index contributed by atoms with van der Waals surface area (Å²) in [5.74, 6) is 1.64. The van der Waals surface area contributed by atoms with Gasteiger partial charge in [0.15, 0.2) is 5.82 Å². The second-order valence-electron chi connectivity index (χ2n) is 3.91. The van der Waals surface area contributed by atoms with E-state index < -0.39 is 0 Å². The summed E-state index contributed by atoms with van der Waals surface area (Å²) in [6, 6.07) is 5.49. The van der Waals surface area contributed by atoms with Crippen molar-refractivity contribution in [2.45, 2.75) is 13.0 Å². The van der Waals surface area contributed by atoms with Crippen LogP contribution in [0.25, 0.3) is 11.4 Å². The standard InChI is InChI=1S/C11H10Cl2N4/c12-8-3-2-7(6-9(8)13)10-15-16-11-14-4-1-5-17(10)11/h2-3,6H,1,4-5H2,(H,14,16). The molecule has 3 rings (SSSR count). The number of aromatic nitrogens is 3. The van der Waals surface area contributed by atoms with E-state index in [1.807, 2.05) is 12.1 Å². The van der Waals surface area contributed by atoms with Gasteiger partial charge in [0.1, 0.15) is 0 Å². The lowest BCUT2D eigenvalue weighted by molar-refractivity contribution is 0.631. The van der Waals surface area contributed by atoms with Gasteiger partial charge in [-0.15, -0.1) is 10.2 Å². The first-order valence-corrected chi connectivity index (χ1v) is 6.14. The maximum absolute atomic E-state index is 6.01. The van der Waals surface area contributed by atoms with Gasteiger partial charge in [-0.2, -0.15) is 0 Å². The van der Waals surface area contributed by atoms with Crippen LogP contribution < -0.4 is 5.32 Å². The molecule has 0 saturated carbocycles. The third-order valence-corrected chi connectivity index (χ3v) is 3.51. The molecule has 0 radical (unpaired) electrons. The van der Waals surface area contributed by atoms with Crippen molar-refractivity contribution in [3.8, 4) is 11.4 Å². The number of nitrogens with one attached hydrogen (secondary N) is 1. The molecule has 1 N–H and O–H groups in total. The second kappa shape index (κ2) is 4.20. The zero-order valence-corrected chi connectivity index (χ0v) is 10.5. The van der Waals surface area contributed by atoms with E-state index in [9.17, 15) is 0 Å². The van der Waals surface area contributed by atoms with E-state index in [2.05, 4.69) is 20.1 Å². The molecule has 0 amide bonds. The summed E-state index contributed by atoms with van der Waals surface area (Å²) in [6.07, 6.45) is 1.07. The van der Waals surface area contributed by atoms with Crippen molar-refractivity contribution in [2.24, 2.45) is 0 Å². The molecule has 0 fully saturated rings. The highest BCUT2D eigenvalue weighted by molar-refractivity contribution is 6.42. The molecule has 0 saturated heterocycles. The molecular weight excluding hydrogens is 259 g/mol. The van der Waals surface area contributed by atoms with Gasteiger partial charge in [0, 0.05) is 18.7 Å². The van der Waals surface area contributed by atoms with Crippen LogP contribution in [0.15, 0.2) is 18.2 Å². The average molecular weight is 269 g/mol. The number of halogens is 2. The second-order valence-corrected chi connectivity index (χ2v) is 4.72. The minimum absolute atomic E-state index is 0.533. The lowest BCUT2D eigenvalue weighted by Crippen LogP contribution is -2.17. The maximum Gasteiger partial charge on any atom is 0.224 e. The van der Waals surface area contributed by atoms with Crippen molar-refractivity contribution in [2.75, 3.05) is 11.9 Å². The number of hydrogen-bond acceptors (Lipinski definition) is 3.